The first kappa shape index (κ1) is 14.5. The molecule has 2 nitrogen and oxygen atoms in total. The Morgan fingerprint density at radius 2 is 1.80 bits per heavy atom. The number of carbonyl (C=O) groups excluding carboxylic acids is 1. The normalized spacial score (nSPS) is 12.5. The van der Waals surface area contributed by atoms with E-state index in [9.17, 15) is 4.79 Å². The van der Waals surface area contributed by atoms with Gasteiger partial charge in [-0.2, -0.15) is 0 Å². The number of hydrogen-bond acceptors (Lipinski definition) is 2. The zero-order chi connectivity index (χ0) is 11.5. The number of unbranched alkanes of at least 4 members (excludes halogenated alkanes) is 2. The van der Waals surface area contributed by atoms with Crippen LogP contribution in [0.3, 0.4) is 0 Å². The Labute approximate surface area is 94.4 Å². The highest BCUT2D eigenvalue weighted by molar-refractivity contribution is 5.69. The van der Waals surface area contributed by atoms with Crippen LogP contribution in [0.15, 0.2) is 0 Å². The van der Waals surface area contributed by atoms with Crippen LogP contribution in [0.1, 0.15) is 65.7 Å². The van der Waals surface area contributed by atoms with Gasteiger partial charge in [-0.3, -0.25) is 4.79 Å². The van der Waals surface area contributed by atoms with Crippen LogP contribution in [0.4, 0.5) is 0 Å². The van der Waals surface area contributed by atoms with E-state index in [1.807, 2.05) is 6.92 Å². The van der Waals surface area contributed by atoms with Crippen molar-refractivity contribution in [2.24, 2.45) is 5.92 Å². The summed E-state index contributed by atoms with van der Waals surface area (Å²) in [5, 5.41) is 0. The van der Waals surface area contributed by atoms with Gasteiger partial charge in [0.1, 0.15) is 0 Å². The number of esters is 1. The van der Waals surface area contributed by atoms with E-state index in [2.05, 4.69) is 13.8 Å². The molecule has 0 radical (unpaired) electrons. The molecule has 2 heteroatoms. The molecular weight excluding hydrogens is 188 g/mol. The van der Waals surface area contributed by atoms with Gasteiger partial charge in [-0.25, -0.2) is 0 Å². The predicted molar refractivity (Wildman–Crippen MR) is 63.8 cm³/mol. The Morgan fingerprint density at radius 3 is 2.40 bits per heavy atom. The van der Waals surface area contributed by atoms with Crippen molar-refractivity contribution in [3.63, 3.8) is 0 Å². The highest BCUT2D eigenvalue weighted by atomic mass is 16.5. The van der Waals surface area contributed by atoms with Crippen molar-refractivity contribution in [3.05, 3.63) is 0 Å². The third-order valence-corrected chi connectivity index (χ3v) is 2.68. The standard InChI is InChI=1S/C13H26O2/c1-4-6-7-9-12(3)10-8-11-13(14)15-5-2/h12H,4-11H2,1-3H3. The minimum atomic E-state index is -0.0433. The summed E-state index contributed by atoms with van der Waals surface area (Å²) in [7, 11) is 0. The van der Waals surface area contributed by atoms with Crippen molar-refractivity contribution in [2.45, 2.75) is 65.7 Å². The summed E-state index contributed by atoms with van der Waals surface area (Å²) in [6, 6.07) is 0. The molecule has 0 rings (SSSR count). The molecule has 0 aliphatic carbocycles. The summed E-state index contributed by atoms with van der Waals surface area (Å²) in [5.41, 5.74) is 0. The number of carbonyl (C=O) groups is 1. The van der Waals surface area contributed by atoms with E-state index >= 15 is 0 Å². The van der Waals surface area contributed by atoms with Gasteiger partial charge in [0.2, 0.25) is 0 Å². The van der Waals surface area contributed by atoms with E-state index in [-0.39, 0.29) is 5.97 Å². The van der Waals surface area contributed by atoms with Gasteiger partial charge >= 0.3 is 5.97 Å². The molecule has 1 unspecified atom stereocenters. The molecule has 0 saturated heterocycles. The first-order valence-corrected chi connectivity index (χ1v) is 6.36. The van der Waals surface area contributed by atoms with Crippen LogP contribution >= 0.6 is 0 Å². The molecule has 1 atom stereocenters. The maximum Gasteiger partial charge on any atom is 0.305 e. The lowest BCUT2D eigenvalue weighted by Gasteiger charge is -2.10. The van der Waals surface area contributed by atoms with Crippen LogP contribution < -0.4 is 0 Å². The second-order valence-electron chi connectivity index (χ2n) is 4.30. The van der Waals surface area contributed by atoms with Crippen LogP contribution in [-0.4, -0.2) is 12.6 Å². The Kier molecular flexibility index (Phi) is 9.65. The van der Waals surface area contributed by atoms with Gasteiger partial charge < -0.3 is 4.74 Å². The van der Waals surface area contributed by atoms with Crippen molar-refractivity contribution in [3.8, 4) is 0 Å². The lowest BCUT2D eigenvalue weighted by atomic mass is 9.97. The lowest BCUT2D eigenvalue weighted by molar-refractivity contribution is -0.143. The third kappa shape index (κ3) is 9.77. The average molecular weight is 214 g/mol. The van der Waals surface area contributed by atoms with Crippen molar-refractivity contribution >= 4 is 5.97 Å². The van der Waals surface area contributed by atoms with Gasteiger partial charge in [-0.1, -0.05) is 46.0 Å². The molecule has 15 heavy (non-hydrogen) atoms. The molecule has 0 aromatic heterocycles. The van der Waals surface area contributed by atoms with Crippen LogP contribution in [0.2, 0.25) is 0 Å². The van der Waals surface area contributed by atoms with Crippen molar-refractivity contribution in [2.75, 3.05) is 6.61 Å². The summed E-state index contributed by atoms with van der Waals surface area (Å²) in [5.74, 6) is 0.712. The SMILES string of the molecule is CCCCCC(C)CCCC(=O)OCC. The minimum Gasteiger partial charge on any atom is -0.466 e. The van der Waals surface area contributed by atoms with E-state index in [0.717, 1.165) is 18.8 Å². The van der Waals surface area contributed by atoms with Gasteiger partial charge in [-0.05, 0) is 19.3 Å². The molecule has 0 fully saturated rings. The van der Waals surface area contributed by atoms with Crippen LogP contribution in [0.5, 0.6) is 0 Å². The molecule has 0 aromatic rings. The van der Waals surface area contributed by atoms with Gasteiger partial charge in [0.15, 0.2) is 0 Å². The summed E-state index contributed by atoms with van der Waals surface area (Å²) >= 11 is 0. The molecule has 0 bridgehead atoms. The summed E-state index contributed by atoms with van der Waals surface area (Å²) < 4.78 is 4.88. The number of rotatable bonds is 9. The Bertz CT molecular complexity index is 155. The van der Waals surface area contributed by atoms with Gasteiger partial charge in [0, 0.05) is 6.42 Å². The molecule has 0 N–H and O–H groups in total. The Morgan fingerprint density at radius 1 is 1.13 bits per heavy atom. The minimum absolute atomic E-state index is 0.0433. The summed E-state index contributed by atoms with van der Waals surface area (Å²) in [6.07, 6.45) is 7.98. The first-order valence-electron chi connectivity index (χ1n) is 6.36. The number of hydrogen-bond donors (Lipinski definition) is 0. The maximum absolute atomic E-state index is 11.1. The highest BCUT2D eigenvalue weighted by Gasteiger charge is 2.05. The largest absolute Gasteiger partial charge is 0.466 e. The average Bonchev–Trinajstić information content (AvgIpc) is 2.18. The predicted octanol–water partition coefficient (Wildman–Crippen LogP) is 3.94. The lowest BCUT2D eigenvalue weighted by Crippen LogP contribution is -2.04. The van der Waals surface area contributed by atoms with Crippen molar-refractivity contribution in [1.82, 2.24) is 0 Å². The molecule has 0 heterocycles. The Balaban J connectivity index is 3.30. The fourth-order valence-electron chi connectivity index (χ4n) is 1.72. The fraction of sp³-hybridized carbons (Fsp3) is 0.923. The molecule has 0 aliphatic rings. The molecule has 90 valence electrons. The molecule has 0 aromatic carbocycles. The van der Waals surface area contributed by atoms with E-state index < -0.39 is 0 Å². The van der Waals surface area contributed by atoms with Gasteiger partial charge in [0.25, 0.3) is 0 Å². The smallest absolute Gasteiger partial charge is 0.305 e. The van der Waals surface area contributed by atoms with Gasteiger partial charge in [0.05, 0.1) is 6.61 Å². The monoisotopic (exact) mass is 214 g/mol. The topological polar surface area (TPSA) is 26.3 Å². The highest BCUT2D eigenvalue weighted by Crippen LogP contribution is 2.15. The van der Waals surface area contributed by atoms with Crippen LogP contribution in [0, 0.1) is 5.92 Å². The molecule has 0 aliphatic heterocycles. The molecular formula is C13H26O2. The number of ether oxygens (including phenoxy) is 1. The van der Waals surface area contributed by atoms with E-state index in [1.165, 1.54) is 25.7 Å². The molecule has 0 spiro atoms. The quantitative estimate of drug-likeness (QED) is 0.429. The van der Waals surface area contributed by atoms with Gasteiger partial charge in [-0.15, -0.1) is 0 Å². The van der Waals surface area contributed by atoms with E-state index in [0.29, 0.717) is 13.0 Å². The summed E-state index contributed by atoms with van der Waals surface area (Å²) in [6.45, 7) is 6.86. The third-order valence-electron chi connectivity index (χ3n) is 2.68. The molecule has 0 amide bonds. The second-order valence-corrected chi connectivity index (χ2v) is 4.30. The van der Waals surface area contributed by atoms with E-state index in [1.54, 1.807) is 0 Å². The van der Waals surface area contributed by atoms with Crippen LogP contribution in [0.25, 0.3) is 0 Å². The molecule has 0 saturated carbocycles. The Hall–Kier alpha value is -0.530. The fourth-order valence-corrected chi connectivity index (χ4v) is 1.72. The van der Waals surface area contributed by atoms with Crippen LogP contribution in [-0.2, 0) is 9.53 Å². The maximum atomic E-state index is 11.1. The second kappa shape index (κ2) is 10.0. The zero-order valence-corrected chi connectivity index (χ0v) is 10.6. The first-order chi connectivity index (χ1) is 7.20. The zero-order valence-electron chi connectivity index (χ0n) is 10.6. The summed E-state index contributed by atoms with van der Waals surface area (Å²) in [4.78, 5) is 11.1. The van der Waals surface area contributed by atoms with Crippen molar-refractivity contribution in [1.29, 1.82) is 0 Å². The van der Waals surface area contributed by atoms with E-state index in [4.69, 9.17) is 4.74 Å². The van der Waals surface area contributed by atoms with Crippen molar-refractivity contribution < 1.29 is 9.53 Å².